The minimum Gasteiger partial charge on any atom is -0.294 e. The van der Waals surface area contributed by atoms with Crippen molar-refractivity contribution in [3.05, 3.63) is 73.2 Å². The zero-order valence-electron chi connectivity index (χ0n) is 10.2. The molecule has 0 spiro atoms. The summed E-state index contributed by atoms with van der Waals surface area (Å²) >= 11 is 9.09. The van der Waals surface area contributed by atoms with E-state index in [1.165, 1.54) is 6.07 Å². The smallest absolute Gasteiger partial charge is 0.273 e. The van der Waals surface area contributed by atoms with Gasteiger partial charge in [0.25, 0.3) is 5.69 Å². The Morgan fingerprint density at radius 2 is 1.95 bits per heavy atom. The van der Waals surface area contributed by atoms with Crippen LogP contribution in [0.15, 0.2) is 46.9 Å². The van der Waals surface area contributed by atoms with Gasteiger partial charge in [0.1, 0.15) is 0 Å². The van der Waals surface area contributed by atoms with E-state index in [9.17, 15) is 14.9 Å². The van der Waals surface area contributed by atoms with Gasteiger partial charge >= 0.3 is 0 Å². The van der Waals surface area contributed by atoms with Crippen molar-refractivity contribution in [3.63, 3.8) is 0 Å². The molecule has 0 aliphatic heterocycles. The summed E-state index contributed by atoms with van der Waals surface area (Å²) in [6, 6.07) is 11.0. The lowest BCUT2D eigenvalue weighted by molar-refractivity contribution is -0.385. The molecule has 0 aromatic heterocycles. The van der Waals surface area contributed by atoms with Crippen molar-refractivity contribution in [2.24, 2.45) is 0 Å². The fourth-order valence-corrected chi connectivity index (χ4v) is 2.73. The van der Waals surface area contributed by atoms with Gasteiger partial charge in [0.15, 0.2) is 5.78 Å². The maximum atomic E-state index is 12.2. The molecule has 0 heterocycles. The van der Waals surface area contributed by atoms with Crippen molar-refractivity contribution in [2.75, 3.05) is 0 Å². The number of hydrogen-bond acceptors (Lipinski definition) is 3. The van der Waals surface area contributed by atoms with Gasteiger partial charge in [-0.1, -0.05) is 29.8 Å². The Kier molecular flexibility index (Phi) is 4.52. The molecule has 0 saturated heterocycles. The summed E-state index contributed by atoms with van der Waals surface area (Å²) in [7, 11) is 0. The van der Waals surface area contributed by atoms with E-state index in [0.717, 1.165) is 0 Å². The molecule has 102 valence electrons. The first-order valence-electron chi connectivity index (χ1n) is 5.69. The van der Waals surface area contributed by atoms with Crippen LogP contribution >= 0.6 is 27.5 Å². The lowest BCUT2D eigenvalue weighted by atomic mass is 10.0. The second-order valence-electron chi connectivity index (χ2n) is 4.11. The lowest BCUT2D eigenvalue weighted by Crippen LogP contribution is -2.06. The maximum absolute atomic E-state index is 12.2. The largest absolute Gasteiger partial charge is 0.294 e. The highest BCUT2D eigenvalue weighted by Crippen LogP contribution is 2.25. The first-order valence-corrected chi connectivity index (χ1v) is 6.86. The van der Waals surface area contributed by atoms with E-state index in [1.807, 2.05) is 0 Å². The zero-order chi connectivity index (χ0) is 14.7. The van der Waals surface area contributed by atoms with Crippen LogP contribution < -0.4 is 0 Å². The molecule has 0 bridgehead atoms. The number of nitro groups is 1. The SMILES string of the molecule is O=C(Cc1ccccc1[N+](=O)[O-])c1ccc(Cl)cc1Br. The monoisotopic (exact) mass is 353 g/mol. The fourth-order valence-electron chi connectivity index (χ4n) is 1.82. The van der Waals surface area contributed by atoms with Gasteiger partial charge in [-0.3, -0.25) is 14.9 Å². The van der Waals surface area contributed by atoms with E-state index in [0.29, 0.717) is 20.6 Å². The molecular weight excluding hydrogens is 346 g/mol. The molecule has 20 heavy (non-hydrogen) atoms. The molecule has 2 aromatic carbocycles. The fraction of sp³-hybridized carbons (Fsp3) is 0.0714. The van der Waals surface area contributed by atoms with Crippen LogP contribution in [0.2, 0.25) is 5.02 Å². The highest BCUT2D eigenvalue weighted by Gasteiger charge is 2.18. The maximum Gasteiger partial charge on any atom is 0.273 e. The van der Waals surface area contributed by atoms with Crippen molar-refractivity contribution in [1.29, 1.82) is 0 Å². The third-order valence-electron chi connectivity index (χ3n) is 2.77. The molecule has 0 N–H and O–H groups in total. The Bertz CT molecular complexity index is 688. The number of benzene rings is 2. The Balaban J connectivity index is 2.30. The van der Waals surface area contributed by atoms with Crippen LogP contribution in [0.4, 0.5) is 5.69 Å². The number of rotatable bonds is 4. The quantitative estimate of drug-likeness (QED) is 0.463. The number of halogens is 2. The van der Waals surface area contributed by atoms with E-state index >= 15 is 0 Å². The Morgan fingerprint density at radius 3 is 2.60 bits per heavy atom. The molecule has 0 aliphatic rings. The van der Waals surface area contributed by atoms with E-state index in [1.54, 1.807) is 36.4 Å². The van der Waals surface area contributed by atoms with Crippen LogP contribution in [0.5, 0.6) is 0 Å². The minimum absolute atomic E-state index is 0.0304. The number of nitro benzene ring substituents is 1. The summed E-state index contributed by atoms with van der Waals surface area (Å²) in [5.41, 5.74) is 0.794. The van der Waals surface area contributed by atoms with Crippen LogP contribution in [0, 0.1) is 10.1 Å². The van der Waals surface area contributed by atoms with Crippen molar-refractivity contribution in [3.8, 4) is 0 Å². The van der Waals surface area contributed by atoms with E-state index in [4.69, 9.17) is 11.6 Å². The standard InChI is InChI=1S/C14H9BrClNO3/c15-12-8-10(16)5-6-11(12)14(18)7-9-3-1-2-4-13(9)17(19)20/h1-6,8H,7H2. The second kappa shape index (κ2) is 6.15. The highest BCUT2D eigenvalue weighted by molar-refractivity contribution is 9.10. The topological polar surface area (TPSA) is 60.2 Å². The van der Waals surface area contributed by atoms with Gasteiger partial charge in [-0.2, -0.15) is 0 Å². The number of nitrogens with zero attached hydrogens (tertiary/aromatic N) is 1. The molecule has 6 heteroatoms. The number of ketones is 1. The number of carbonyl (C=O) groups excluding carboxylic acids is 1. The summed E-state index contributed by atoms with van der Waals surface area (Å²) in [6.45, 7) is 0. The van der Waals surface area contributed by atoms with Crippen LogP contribution in [-0.4, -0.2) is 10.7 Å². The molecule has 0 aliphatic carbocycles. The van der Waals surface area contributed by atoms with Crippen molar-refractivity contribution >= 4 is 39.0 Å². The second-order valence-corrected chi connectivity index (χ2v) is 5.40. The zero-order valence-corrected chi connectivity index (χ0v) is 12.5. The number of hydrogen-bond donors (Lipinski definition) is 0. The van der Waals surface area contributed by atoms with Gasteiger partial charge in [-0.25, -0.2) is 0 Å². The molecule has 0 unspecified atom stereocenters. The summed E-state index contributed by atoms with van der Waals surface area (Å²) < 4.78 is 0.577. The van der Waals surface area contributed by atoms with E-state index in [-0.39, 0.29) is 17.9 Å². The lowest BCUT2D eigenvalue weighted by Gasteiger charge is -2.05. The van der Waals surface area contributed by atoms with Gasteiger partial charge < -0.3 is 0 Å². The van der Waals surface area contributed by atoms with Gasteiger partial charge in [-0.15, -0.1) is 0 Å². The summed E-state index contributed by atoms with van der Waals surface area (Å²) in [6.07, 6.45) is -0.0304. The molecule has 0 radical (unpaired) electrons. The molecule has 4 nitrogen and oxygen atoms in total. The average Bonchev–Trinajstić information content (AvgIpc) is 2.38. The van der Waals surface area contributed by atoms with E-state index in [2.05, 4.69) is 15.9 Å². The predicted molar refractivity (Wildman–Crippen MR) is 80.3 cm³/mol. The molecule has 2 rings (SSSR count). The van der Waals surface area contributed by atoms with Gasteiger partial charge in [0.2, 0.25) is 0 Å². The van der Waals surface area contributed by atoms with Gasteiger partial charge in [-0.05, 0) is 34.1 Å². The van der Waals surface area contributed by atoms with Crippen LogP contribution in [0.25, 0.3) is 0 Å². The van der Waals surface area contributed by atoms with Gasteiger partial charge in [0.05, 0.1) is 4.92 Å². The van der Waals surface area contributed by atoms with Crippen LogP contribution in [-0.2, 0) is 6.42 Å². The first-order chi connectivity index (χ1) is 9.49. The Hall–Kier alpha value is -1.72. The molecule has 0 fully saturated rings. The van der Waals surface area contributed by atoms with Crippen LogP contribution in [0.1, 0.15) is 15.9 Å². The van der Waals surface area contributed by atoms with Crippen LogP contribution in [0.3, 0.4) is 0 Å². The average molecular weight is 355 g/mol. The van der Waals surface area contributed by atoms with Crippen molar-refractivity contribution < 1.29 is 9.72 Å². The first kappa shape index (κ1) is 14.7. The minimum atomic E-state index is -0.487. The third-order valence-corrected chi connectivity index (χ3v) is 3.66. The summed E-state index contributed by atoms with van der Waals surface area (Å²) in [5.74, 6) is -0.206. The summed E-state index contributed by atoms with van der Waals surface area (Å²) in [4.78, 5) is 22.7. The Morgan fingerprint density at radius 1 is 1.25 bits per heavy atom. The molecular formula is C14H9BrClNO3. The Labute approximate surface area is 128 Å². The van der Waals surface area contributed by atoms with Crippen molar-refractivity contribution in [1.82, 2.24) is 0 Å². The molecule has 2 aromatic rings. The molecule has 0 saturated carbocycles. The van der Waals surface area contributed by atoms with Gasteiger partial charge in [0, 0.05) is 33.1 Å². The predicted octanol–water partition coefficient (Wildman–Crippen LogP) is 4.44. The summed E-state index contributed by atoms with van der Waals surface area (Å²) in [5, 5.41) is 11.4. The number of carbonyl (C=O) groups is 1. The number of para-hydroxylation sites is 1. The highest BCUT2D eigenvalue weighted by atomic mass is 79.9. The molecule has 0 atom stereocenters. The molecule has 0 amide bonds. The normalized spacial score (nSPS) is 10.3. The number of Topliss-reactive ketones (excluding diaryl/α,β-unsaturated/α-hetero) is 1. The van der Waals surface area contributed by atoms with Crippen molar-refractivity contribution in [2.45, 2.75) is 6.42 Å². The third kappa shape index (κ3) is 3.23. The van der Waals surface area contributed by atoms with E-state index < -0.39 is 4.92 Å².